The zero-order chi connectivity index (χ0) is 13.4. The van der Waals surface area contributed by atoms with Gasteiger partial charge in [0, 0.05) is 5.92 Å². The Morgan fingerprint density at radius 1 is 1.22 bits per heavy atom. The normalized spacial score (nSPS) is 15.9. The molecule has 0 aromatic heterocycles. The van der Waals surface area contributed by atoms with E-state index in [9.17, 15) is 5.11 Å². The molecule has 0 saturated heterocycles. The van der Waals surface area contributed by atoms with Gasteiger partial charge in [-0.25, -0.2) is 0 Å². The molecule has 1 aromatic carbocycles. The van der Waals surface area contributed by atoms with Gasteiger partial charge in [-0.15, -0.1) is 6.58 Å². The first-order valence-corrected chi connectivity index (χ1v) is 7.01. The molecule has 2 atom stereocenters. The van der Waals surface area contributed by atoms with E-state index in [2.05, 4.69) is 25.6 Å². The first-order valence-electron chi connectivity index (χ1n) is 7.01. The molecular weight excluding hydrogens is 220 g/mol. The Bertz CT molecular complexity index is 340. The Labute approximate surface area is 112 Å². The van der Waals surface area contributed by atoms with Gasteiger partial charge in [-0.2, -0.15) is 0 Å². The summed E-state index contributed by atoms with van der Waals surface area (Å²) in [7, 11) is 0. The molecule has 18 heavy (non-hydrogen) atoms. The third-order valence-electron chi connectivity index (χ3n) is 3.60. The van der Waals surface area contributed by atoms with E-state index in [1.54, 1.807) is 0 Å². The van der Waals surface area contributed by atoms with E-state index >= 15 is 0 Å². The molecule has 2 unspecified atom stereocenters. The Morgan fingerprint density at radius 2 is 1.89 bits per heavy atom. The monoisotopic (exact) mass is 246 g/mol. The van der Waals surface area contributed by atoms with Crippen LogP contribution in [0.25, 0.3) is 0 Å². The topological polar surface area (TPSA) is 20.2 Å². The predicted octanol–water partition coefficient (Wildman–Crippen LogP) is 4.68. The van der Waals surface area contributed by atoms with Gasteiger partial charge < -0.3 is 5.11 Å². The van der Waals surface area contributed by atoms with Gasteiger partial charge in [0.15, 0.2) is 0 Å². The Morgan fingerprint density at radius 3 is 2.44 bits per heavy atom. The maximum Gasteiger partial charge on any atom is 0.0722 e. The summed E-state index contributed by atoms with van der Waals surface area (Å²) in [5.41, 5.74) is 0.449. The first kappa shape index (κ1) is 15.0. The van der Waals surface area contributed by atoms with Crippen molar-refractivity contribution in [2.75, 3.05) is 0 Å². The van der Waals surface area contributed by atoms with Crippen molar-refractivity contribution in [3.05, 3.63) is 48.6 Å². The van der Waals surface area contributed by atoms with Gasteiger partial charge in [0.2, 0.25) is 0 Å². The molecule has 1 nitrogen and oxygen atoms in total. The molecule has 0 bridgehead atoms. The maximum absolute atomic E-state index is 10.7. The highest BCUT2D eigenvalue weighted by Crippen LogP contribution is 2.33. The summed E-state index contributed by atoms with van der Waals surface area (Å²) in [5.74, 6) is 0.0142. The smallest absolute Gasteiger partial charge is 0.0722 e. The van der Waals surface area contributed by atoms with E-state index in [1.807, 2.05) is 31.2 Å². The fraction of sp³-hybridized carbons (Fsp3) is 0.529. The van der Waals surface area contributed by atoms with Crippen molar-refractivity contribution in [1.29, 1.82) is 0 Å². The first-order chi connectivity index (χ1) is 8.61. The highest BCUT2D eigenvalue weighted by atomic mass is 16.3. The van der Waals surface area contributed by atoms with E-state index < -0.39 is 5.60 Å². The van der Waals surface area contributed by atoms with Crippen molar-refractivity contribution in [3.8, 4) is 0 Å². The predicted molar refractivity (Wildman–Crippen MR) is 78.8 cm³/mol. The van der Waals surface area contributed by atoms with Gasteiger partial charge in [0.1, 0.15) is 0 Å². The summed E-state index contributed by atoms with van der Waals surface area (Å²) in [6.07, 6.45) is 7.46. The van der Waals surface area contributed by atoms with Crippen LogP contribution in [0.5, 0.6) is 0 Å². The van der Waals surface area contributed by atoms with Gasteiger partial charge in [-0.05, 0) is 18.9 Å². The summed E-state index contributed by atoms with van der Waals surface area (Å²) >= 11 is 0. The quantitative estimate of drug-likeness (QED) is 0.521. The van der Waals surface area contributed by atoms with E-state index in [0.717, 1.165) is 18.4 Å². The molecule has 100 valence electrons. The molecule has 0 amide bonds. The molecule has 0 aliphatic carbocycles. The molecule has 0 aliphatic rings. The summed E-state index contributed by atoms with van der Waals surface area (Å²) in [5, 5.41) is 10.7. The number of rotatable bonds is 8. The lowest BCUT2D eigenvalue weighted by Crippen LogP contribution is -2.31. The number of aliphatic hydroxyl groups is 1. The average molecular weight is 246 g/mol. The lowest BCUT2D eigenvalue weighted by atomic mass is 9.80. The minimum atomic E-state index is -0.698. The van der Waals surface area contributed by atoms with Crippen molar-refractivity contribution in [2.24, 2.45) is 0 Å². The zero-order valence-electron chi connectivity index (χ0n) is 11.7. The van der Waals surface area contributed by atoms with Gasteiger partial charge in [0.05, 0.1) is 5.60 Å². The molecule has 1 aromatic rings. The number of unbranched alkanes of at least 4 members (excludes halogenated alkanes) is 3. The standard InChI is InChI=1S/C17H26O/c1-4-6-7-11-14-17(3,18)16(5-2)15-12-9-8-10-13-15/h5,8-10,12-13,16,18H,2,4,6-7,11,14H2,1,3H3. The minimum absolute atomic E-state index is 0.0142. The van der Waals surface area contributed by atoms with Crippen LogP contribution in [0.2, 0.25) is 0 Å². The van der Waals surface area contributed by atoms with Crippen LogP contribution < -0.4 is 0 Å². The fourth-order valence-corrected chi connectivity index (χ4v) is 2.47. The second-order valence-electron chi connectivity index (χ2n) is 5.29. The van der Waals surface area contributed by atoms with Crippen LogP contribution in [0.1, 0.15) is 57.4 Å². The van der Waals surface area contributed by atoms with Gasteiger partial charge in [-0.1, -0.05) is 69.0 Å². The molecule has 1 N–H and O–H groups in total. The lowest BCUT2D eigenvalue weighted by molar-refractivity contribution is 0.0336. The van der Waals surface area contributed by atoms with E-state index in [1.165, 1.54) is 19.3 Å². The second-order valence-corrected chi connectivity index (χ2v) is 5.29. The van der Waals surface area contributed by atoms with Crippen molar-refractivity contribution in [2.45, 2.75) is 57.5 Å². The zero-order valence-corrected chi connectivity index (χ0v) is 11.7. The lowest BCUT2D eigenvalue weighted by Gasteiger charge is -2.31. The Hall–Kier alpha value is -1.08. The average Bonchev–Trinajstić information content (AvgIpc) is 2.36. The van der Waals surface area contributed by atoms with Crippen LogP contribution in [0, 0.1) is 0 Å². The van der Waals surface area contributed by atoms with Crippen LogP contribution in [-0.2, 0) is 0 Å². The van der Waals surface area contributed by atoms with Crippen molar-refractivity contribution in [1.82, 2.24) is 0 Å². The second kappa shape index (κ2) is 7.38. The van der Waals surface area contributed by atoms with Crippen LogP contribution in [0.4, 0.5) is 0 Å². The number of hydrogen-bond acceptors (Lipinski definition) is 1. The van der Waals surface area contributed by atoms with Crippen molar-refractivity contribution >= 4 is 0 Å². The van der Waals surface area contributed by atoms with Crippen LogP contribution in [0.15, 0.2) is 43.0 Å². The van der Waals surface area contributed by atoms with Gasteiger partial charge in [-0.3, -0.25) is 0 Å². The number of benzene rings is 1. The van der Waals surface area contributed by atoms with E-state index in [-0.39, 0.29) is 5.92 Å². The maximum atomic E-state index is 10.7. The van der Waals surface area contributed by atoms with Crippen molar-refractivity contribution in [3.63, 3.8) is 0 Å². The molecule has 0 spiro atoms. The number of hydrogen-bond donors (Lipinski definition) is 1. The molecule has 0 fully saturated rings. The van der Waals surface area contributed by atoms with E-state index in [4.69, 9.17) is 0 Å². The third-order valence-corrected chi connectivity index (χ3v) is 3.60. The highest BCUT2D eigenvalue weighted by Gasteiger charge is 2.30. The largest absolute Gasteiger partial charge is 0.389 e. The van der Waals surface area contributed by atoms with Crippen LogP contribution in [0.3, 0.4) is 0 Å². The minimum Gasteiger partial charge on any atom is -0.389 e. The third kappa shape index (κ3) is 4.30. The Balaban J connectivity index is 2.65. The van der Waals surface area contributed by atoms with Gasteiger partial charge in [0.25, 0.3) is 0 Å². The highest BCUT2D eigenvalue weighted by molar-refractivity contribution is 5.26. The Kier molecular flexibility index (Phi) is 6.14. The fourth-order valence-electron chi connectivity index (χ4n) is 2.47. The molecule has 0 heterocycles. The van der Waals surface area contributed by atoms with Crippen LogP contribution >= 0.6 is 0 Å². The summed E-state index contributed by atoms with van der Waals surface area (Å²) in [4.78, 5) is 0. The van der Waals surface area contributed by atoms with Crippen LogP contribution in [-0.4, -0.2) is 10.7 Å². The van der Waals surface area contributed by atoms with Gasteiger partial charge >= 0.3 is 0 Å². The molecular formula is C17H26O. The molecule has 0 saturated carbocycles. The summed E-state index contributed by atoms with van der Waals surface area (Å²) in [6.45, 7) is 8.02. The molecule has 1 rings (SSSR count). The van der Waals surface area contributed by atoms with Crippen molar-refractivity contribution < 1.29 is 5.11 Å². The molecule has 1 heteroatoms. The molecule has 0 radical (unpaired) electrons. The SMILES string of the molecule is C=CC(c1ccccc1)C(C)(O)CCCCCC. The molecule has 0 aliphatic heterocycles. The summed E-state index contributed by atoms with van der Waals surface area (Å²) in [6, 6.07) is 10.2. The van der Waals surface area contributed by atoms with E-state index in [0.29, 0.717) is 0 Å². The summed E-state index contributed by atoms with van der Waals surface area (Å²) < 4.78 is 0.